The van der Waals surface area contributed by atoms with Crippen molar-refractivity contribution in [1.29, 1.82) is 0 Å². The molecule has 9 heteroatoms. The maximum absolute atomic E-state index is 12.3. The molecule has 8 nitrogen and oxygen atoms in total. The number of hydrogen-bond donors (Lipinski definition) is 2. The van der Waals surface area contributed by atoms with Gasteiger partial charge in [-0.25, -0.2) is 13.6 Å². The number of amides is 1. The number of aromatic amines is 1. The molecule has 0 saturated heterocycles. The number of aryl methyl sites for hydroxylation is 1. The third-order valence-electron chi connectivity index (χ3n) is 2.85. The summed E-state index contributed by atoms with van der Waals surface area (Å²) in [5, 5.41) is 11.5. The molecule has 0 radical (unpaired) electrons. The van der Waals surface area contributed by atoms with Crippen molar-refractivity contribution in [3.63, 3.8) is 0 Å². The van der Waals surface area contributed by atoms with Crippen molar-refractivity contribution in [3.8, 4) is 0 Å². The highest BCUT2D eigenvalue weighted by Gasteiger charge is 2.20. The van der Waals surface area contributed by atoms with E-state index in [4.69, 9.17) is 5.14 Å². The van der Waals surface area contributed by atoms with Gasteiger partial charge in [-0.2, -0.15) is 5.10 Å². The lowest BCUT2D eigenvalue weighted by Crippen LogP contribution is -2.27. The number of aromatic nitrogens is 3. The summed E-state index contributed by atoms with van der Waals surface area (Å²) in [6.45, 7) is 0.366. The van der Waals surface area contributed by atoms with Gasteiger partial charge >= 0.3 is 0 Å². The maximum atomic E-state index is 12.3. The highest BCUT2D eigenvalue weighted by Crippen LogP contribution is 2.14. The number of carbonyl (C=O) groups is 1. The highest BCUT2D eigenvalue weighted by atomic mass is 32.2. The van der Waals surface area contributed by atoms with E-state index >= 15 is 0 Å². The lowest BCUT2D eigenvalue weighted by Gasteiger charge is -2.16. The summed E-state index contributed by atoms with van der Waals surface area (Å²) in [5.41, 5.74) is 1.10. The van der Waals surface area contributed by atoms with E-state index in [0.717, 1.165) is 5.56 Å². The second kappa shape index (κ2) is 5.10. The van der Waals surface area contributed by atoms with Gasteiger partial charge in [-0.05, 0) is 6.07 Å². The van der Waals surface area contributed by atoms with Crippen LogP contribution in [0, 0.1) is 0 Å². The van der Waals surface area contributed by atoms with Crippen molar-refractivity contribution in [3.05, 3.63) is 35.9 Å². The Morgan fingerprint density at radius 2 is 2.25 bits per heavy atom. The van der Waals surface area contributed by atoms with Crippen molar-refractivity contribution >= 4 is 15.9 Å². The minimum atomic E-state index is -3.82. The zero-order valence-corrected chi connectivity index (χ0v) is 11.9. The van der Waals surface area contributed by atoms with Crippen molar-refractivity contribution in [2.24, 2.45) is 12.2 Å². The first-order chi connectivity index (χ1) is 9.29. The third-order valence-corrected chi connectivity index (χ3v) is 3.73. The van der Waals surface area contributed by atoms with Gasteiger partial charge in [0.1, 0.15) is 10.6 Å². The Balaban J connectivity index is 2.23. The summed E-state index contributed by atoms with van der Waals surface area (Å²) in [6.07, 6.45) is 4.61. The van der Waals surface area contributed by atoms with Crippen molar-refractivity contribution in [1.82, 2.24) is 19.7 Å². The predicted molar refractivity (Wildman–Crippen MR) is 71.2 cm³/mol. The molecule has 2 aromatic heterocycles. The summed E-state index contributed by atoms with van der Waals surface area (Å²) in [7, 11) is -0.605. The van der Waals surface area contributed by atoms with E-state index in [1.165, 1.54) is 21.7 Å². The Morgan fingerprint density at radius 1 is 1.55 bits per heavy atom. The molecule has 0 aliphatic carbocycles. The van der Waals surface area contributed by atoms with Gasteiger partial charge < -0.3 is 9.47 Å². The average molecular weight is 297 g/mol. The third kappa shape index (κ3) is 2.89. The molecular weight excluding hydrogens is 282 g/mol. The van der Waals surface area contributed by atoms with E-state index in [9.17, 15) is 13.2 Å². The smallest absolute Gasteiger partial charge is 0.270 e. The average Bonchev–Trinajstić information content (AvgIpc) is 2.96. The van der Waals surface area contributed by atoms with E-state index in [-0.39, 0.29) is 16.5 Å². The summed E-state index contributed by atoms with van der Waals surface area (Å²) in [6, 6.07) is 1.27. The lowest BCUT2D eigenvalue weighted by molar-refractivity contribution is 0.0775. The molecule has 20 heavy (non-hydrogen) atoms. The van der Waals surface area contributed by atoms with E-state index in [2.05, 4.69) is 10.2 Å². The lowest BCUT2D eigenvalue weighted by atomic mass is 10.3. The van der Waals surface area contributed by atoms with E-state index in [1.807, 2.05) is 0 Å². The molecule has 0 unspecified atom stereocenters. The van der Waals surface area contributed by atoms with Crippen LogP contribution in [-0.4, -0.2) is 41.0 Å². The van der Waals surface area contributed by atoms with E-state index in [1.54, 1.807) is 26.5 Å². The van der Waals surface area contributed by atoms with Crippen LogP contribution >= 0.6 is 0 Å². The molecular formula is C11H15N5O3S. The SMILES string of the molecule is CN(Cc1cn[nH]c1)C(=O)c1cc(S(N)(=O)=O)cn1C. The first-order valence-corrected chi connectivity index (χ1v) is 7.26. The van der Waals surface area contributed by atoms with Gasteiger partial charge in [-0.1, -0.05) is 0 Å². The fraction of sp³-hybridized carbons (Fsp3) is 0.273. The first kappa shape index (κ1) is 14.3. The van der Waals surface area contributed by atoms with E-state index < -0.39 is 10.0 Å². The Morgan fingerprint density at radius 3 is 2.75 bits per heavy atom. The zero-order valence-electron chi connectivity index (χ0n) is 11.1. The second-order valence-corrected chi connectivity index (χ2v) is 6.05. The number of rotatable bonds is 4. The number of H-pyrrole nitrogens is 1. The zero-order chi connectivity index (χ0) is 14.9. The van der Waals surface area contributed by atoms with Gasteiger partial charge in [0.2, 0.25) is 10.0 Å². The van der Waals surface area contributed by atoms with E-state index in [0.29, 0.717) is 6.54 Å². The Labute approximate surface area is 116 Å². The van der Waals surface area contributed by atoms with Crippen LogP contribution < -0.4 is 5.14 Å². The largest absolute Gasteiger partial charge is 0.345 e. The van der Waals surface area contributed by atoms with Gasteiger partial charge in [-0.3, -0.25) is 9.89 Å². The summed E-state index contributed by atoms with van der Waals surface area (Å²) in [4.78, 5) is 13.7. The quantitative estimate of drug-likeness (QED) is 0.804. The summed E-state index contributed by atoms with van der Waals surface area (Å²) in [5.74, 6) is -0.302. The molecule has 0 fully saturated rings. The van der Waals surface area contributed by atoms with Crippen LogP contribution in [0.5, 0.6) is 0 Å². The number of sulfonamides is 1. The van der Waals surface area contributed by atoms with Gasteiger partial charge in [0.15, 0.2) is 0 Å². The van der Waals surface area contributed by atoms with Crippen molar-refractivity contribution in [2.75, 3.05) is 7.05 Å². The monoisotopic (exact) mass is 297 g/mol. The molecule has 2 aromatic rings. The normalized spacial score (nSPS) is 11.6. The molecule has 108 valence electrons. The summed E-state index contributed by atoms with van der Waals surface area (Å²) < 4.78 is 24.0. The number of nitrogens with zero attached hydrogens (tertiary/aromatic N) is 3. The molecule has 0 aromatic carbocycles. The van der Waals surface area contributed by atoms with Crippen molar-refractivity contribution in [2.45, 2.75) is 11.4 Å². The molecule has 0 bridgehead atoms. The fourth-order valence-electron chi connectivity index (χ4n) is 1.81. The second-order valence-electron chi connectivity index (χ2n) is 4.48. The molecule has 0 aliphatic rings. The molecule has 0 spiro atoms. The van der Waals surface area contributed by atoms with Gasteiger partial charge in [0, 0.05) is 38.6 Å². The molecule has 1 amide bonds. The minimum absolute atomic E-state index is 0.0833. The molecule has 0 saturated carbocycles. The maximum Gasteiger partial charge on any atom is 0.270 e. The topological polar surface area (TPSA) is 114 Å². The Hall–Kier alpha value is -2.13. The fourth-order valence-corrected chi connectivity index (χ4v) is 2.39. The van der Waals surface area contributed by atoms with Gasteiger partial charge in [-0.15, -0.1) is 0 Å². The number of hydrogen-bond acceptors (Lipinski definition) is 4. The molecule has 2 rings (SSSR count). The number of primary sulfonamides is 1. The standard InChI is InChI=1S/C11H15N5O3S/c1-15-7-9(20(12,18)19)3-10(15)11(17)16(2)6-8-4-13-14-5-8/h3-5,7H,6H2,1-2H3,(H,13,14)(H2,12,18,19). The van der Waals surface area contributed by atoms with Crippen LogP contribution in [0.3, 0.4) is 0 Å². The highest BCUT2D eigenvalue weighted by molar-refractivity contribution is 7.89. The first-order valence-electron chi connectivity index (χ1n) is 5.71. The molecule has 2 heterocycles. The van der Waals surface area contributed by atoms with Crippen LogP contribution in [0.4, 0.5) is 0 Å². The Kier molecular flexibility index (Phi) is 3.64. The van der Waals surface area contributed by atoms with Crippen LogP contribution in [-0.2, 0) is 23.6 Å². The van der Waals surface area contributed by atoms with Gasteiger partial charge in [0.05, 0.1) is 6.20 Å². The van der Waals surface area contributed by atoms with Crippen molar-refractivity contribution < 1.29 is 13.2 Å². The molecule has 3 N–H and O–H groups in total. The van der Waals surface area contributed by atoms with Crippen LogP contribution in [0.2, 0.25) is 0 Å². The molecule has 0 atom stereocenters. The number of nitrogens with one attached hydrogen (secondary N) is 1. The van der Waals surface area contributed by atoms with Gasteiger partial charge in [0.25, 0.3) is 5.91 Å². The minimum Gasteiger partial charge on any atom is -0.345 e. The van der Waals surface area contributed by atoms with Crippen LogP contribution in [0.25, 0.3) is 0 Å². The number of carbonyl (C=O) groups excluding carboxylic acids is 1. The Bertz CT molecular complexity index is 717. The predicted octanol–water partition coefficient (Wildman–Crippen LogP) is -0.332. The number of nitrogens with two attached hydrogens (primary N) is 1. The summed E-state index contributed by atoms with van der Waals surface area (Å²) >= 11 is 0. The van der Waals surface area contributed by atoms with Crippen LogP contribution in [0.1, 0.15) is 16.1 Å². The van der Waals surface area contributed by atoms with Crippen LogP contribution in [0.15, 0.2) is 29.6 Å². The molecule has 0 aliphatic heterocycles.